The molecular formula is C29H42N2O5. The lowest BCUT2D eigenvalue weighted by molar-refractivity contribution is -0.124. The Morgan fingerprint density at radius 3 is 2.08 bits per heavy atom. The number of aliphatic hydroxyl groups is 1. The minimum Gasteiger partial charge on any atom is -0.483 e. The number of hydrogen-bond acceptors (Lipinski definition) is 5. The monoisotopic (exact) mass is 498 g/mol. The Hall–Kier alpha value is -3.06. The molecule has 0 saturated carbocycles. The van der Waals surface area contributed by atoms with Gasteiger partial charge in [0.25, 0.3) is 5.91 Å². The zero-order valence-corrected chi connectivity index (χ0v) is 22.6. The van der Waals surface area contributed by atoms with Crippen LogP contribution in [0.25, 0.3) is 0 Å². The topological polar surface area (TPSA) is 96.9 Å². The molecule has 0 unspecified atom stereocenters. The van der Waals surface area contributed by atoms with E-state index in [1.165, 1.54) is 0 Å². The second kappa shape index (κ2) is 13.3. The van der Waals surface area contributed by atoms with Crippen LogP contribution in [0.4, 0.5) is 4.79 Å². The van der Waals surface area contributed by atoms with Gasteiger partial charge in [-0.05, 0) is 70.1 Å². The van der Waals surface area contributed by atoms with Crippen LogP contribution in [0.15, 0.2) is 48.5 Å². The molecule has 2 amide bonds. The number of amides is 2. The van der Waals surface area contributed by atoms with Crippen molar-refractivity contribution in [1.82, 2.24) is 10.6 Å². The highest BCUT2D eigenvalue weighted by atomic mass is 16.6. The van der Waals surface area contributed by atoms with E-state index in [9.17, 15) is 14.7 Å². The number of para-hydroxylation sites is 1. The number of hydrogen-bond donors (Lipinski definition) is 3. The van der Waals surface area contributed by atoms with E-state index in [-0.39, 0.29) is 30.9 Å². The maximum atomic E-state index is 12.9. The molecule has 0 aromatic heterocycles. The molecule has 3 N–H and O–H groups in total. The third-order valence-electron chi connectivity index (χ3n) is 5.87. The Morgan fingerprint density at radius 2 is 1.53 bits per heavy atom. The summed E-state index contributed by atoms with van der Waals surface area (Å²) in [5, 5.41) is 17.0. The minimum atomic E-state index is -0.906. The van der Waals surface area contributed by atoms with Crippen molar-refractivity contribution in [2.24, 2.45) is 5.92 Å². The summed E-state index contributed by atoms with van der Waals surface area (Å²) in [4.78, 5) is 25.2. The van der Waals surface area contributed by atoms with E-state index in [2.05, 4.69) is 10.6 Å². The van der Waals surface area contributed by atoms with Gasteiger partial charge in [0.2, 0.25) is 0 Å². The molecule has 2 aromatic carbocycles. The quantitative estimate of drug-likeness (QED) is 0.417. The predicted octanol–water partition coefficient (Wildman–Crippen LogP) is 4.71. The Kier molecular flexibility index (Phi) is 10.8. The molecule has 198 valence electrons. The Labute approximate surface area is 215 Å². The molecule has 0 aliphatic rings. The molecule has 0 radical (unpaired) electrons. The number of benzene rings is 2. The van der Waals surface area contributed by atoms with Crippen molar-refractivity contribution >= 4 is 12.0 Å². The highest BCUT2D eigenvalue weighted by Crippen LogP contribution is 2.22. The third-order valence-corrected chi connectivity index (χ3v) is 5.87. The van der Waals surface area contributed by atoms with Gasteiger partial charge in [-0.1, -0.05) is 62.4 Å². The number of carbonyl (C=O) groups is 2. The van der Waals surface area contributed by atoms with Crippen LogP contribution in [0.3, 0.4) is 0 Å². The summed E-state index contributed by atoms with van der Waals surface area (Å²) >= 11 is 0. The number of nitrogens with one attached hydrogen (secondary N) is 2. The molecule has 0 heterocycles. The van der Waals surface area contributed by atoms with E-state index in [1.807, 2.05) is 76.2 Å². The number of carbonyl (C=O) groups excluding carboxylic acids is 2. The van der Waals surface area contributed by atoms with Gasteiger partial charge in [0.1, 0.15) is 11.4 Å². The second-order valence-corrected chi connectivity index (χ2v) is 10.7. The first-order chi connectivity index (χ1) is 16.9. The van der Waals surface area contributed by atoms with Gasteiger partial charge in [0, 0.05) is 6.04 Å². The number of rotatable bonds is 11. The van der Waals surface area contributed by atoms with Gasteiger partial charge in [-0.2, -0.15) is 0 Å². The zero-order chi connectivity index (χ0) is 26.9. The zero-order valence-electron chi connectivity index (χ0n) is 22.6. The summed E-state index contributed by atoms with van der Waals surface area (Å²) in [5.41, 5.74) is 2.27. The van der Waals surface area contributed by atoms with Gasteiger partial charge in [-0.15, -0.1) is 0 Å². The second-order valence-electron chi connectivity index (χ2n) is 10.7. The van der Waals surface area contributed by atoms with Gasteiger partial charge >= 0.3 is 6.09 Å². The highest BCUT2D eigenvalue weighted by molar-refractivity contribution is 5.78. The van der Waals surface area contributed by atoms with Gasteiger partial charge in [0.15, 0.2) is 6.61 Å². The average Bonchev–Trinajstić information content (AvgIpc) is 2.77. The van der Waals surface area contributed by atoms with Crippen LogP contribution in [-0.2, 0) is 16.0 Å². The van der Waals surface area contributed by atoms with Gasteiger partial charge in [-0.3, -0.25) is 4.79 Å². The van der Waals surface area contributed by atoms with Crippen molar-refractivity contribution in [1.29, 1.82) is 0 Å². The molecule has 3 atom stereocenters. The van der Waals surface area contributed by atoms with E-state index in [0.29, 0.717) is 12.2 Å². The summed E-state index contributed by atoms with van der Waals surface area (Å²) < 4.78 is 11.2. The van der Waals surface area contributed by atoms with Crippen LogP contribution >= 0.6 is 0 Å². The first-order valence-electron chi connectivity index (χ1n) is 12.6. The Morgan fingerprint density at radius 1 is 0.917 bits per heavy atom. The summed E-state index contributed by atoms with van der Waals surface area (Å²) in [6, 6.07) is 14.6. The molecule has 0 aliphatic carbocycles. The fraction of sp³-hybridized carbons (Fsp3) is 0.517. The highest BCUT2D eigenvalue weighted by Gasteiger charge is 2.29. The maximum Gasteiger partial charge on any atom is 0.407 e. The fourth-order valence-electron chi connectivity index (χ4n) is 3.95. The maximum absolute atomic E-state index is 12.9. The minimum absolute atomic E-state index is 0.0487. The molecule has 0 spiro atoms. The molecule has 0 fully saturated rings. The number of aryl methyl sites for hydroxylation is 2. The fourth-order valence-corrected chi connectivity index (χ4v) is 3.95. The number of aliphatic hydroxyl groups excluding tert-OH is 1. The number of alkyl carbamates (subject to hydrolysis) is 1. The summed E-state index contributed by atoms with van der Waals surface area (Å²) in [7, 11) is 0. The van der Waals surface area contributed by atoms with Crippen LogP contribution in [0.5, 0.6) is 5.75 Å². The Balaban J connectivity index is 2.11. The van der Waals surface area contributed by atoms with Crippen LogP contribution in [0, 0.1) is 19.8 Å². The van der Waals surface area contributed by atoms with Crippen LogP contribution in [0.1, 0.15) is 57.7 Å². The molecule has 7 heteroatoms. The van der Waals surface area contributed by atoms with Crippen molar-refractivity contribution < 1.29 is 24.2 Å². The van der Waals surface area contributed by atoms with Gasteiger partial charge < -0.3 is 25.2 Å². The lowest BCUT2D eigenvalue weighted by Crippen LogP contribution is -2.50. The largest absolute Gasteiger partial charge is 0.483 e. The normalized spacial score (nSPS) is 14.0. The van der Waals surface area contributed by atoms with E-state index >= 15 is 0 Å². The molecule has 2 rings (SSSR count). The summed E-state index contributed by atoms with van der Waals surface area (Å²) in [6.45, 7) is 13.1. The first-order valence-corrected chi connectivity index (χ1v) is 12.6. The van der Waals surface area contributed by atoms with Crippen LogP contribution in [-0.4, -0.2) is 47.5 Å². The molecule has 7 nitrogen and oxygen atoms in total. The van der Waals surface area contributed by atoms with E-state index < -0.39 is 23.8 Å². The molecule has 0 bridgehead atoms. The molecule has 0 saturated heterocycles. The lowest BCUT2D eigenvalue weighted by atomic mass is 9.92. The van der Waals surface area contributed by atoms with E-state index in [4.69, 9.17) is 9.47 Å². The van der Waals surface area contributed by atoms with Crippen LogP contribution < -0.4 is 15.4 Å². The van der Waals surface area contributed by atoms with Gasteiger partial charge in [-0.25, -0.2) is 4.79 Å². The third kappa shape index (κ3) is 9.90. The van der Waals surface area contributed by atoms with Crippen molar-refractivity contribution in [3.8, 4) is 5.75 Å². The average molecular weight is 499 g/mol. The predicted molar refractivity (Wildman–Crippen MR) is 142 cm³/mol. The summed E-state index contributed by atoms with van der Waals surface area (Å²) in [6.07, 6.45) is -0.739. The molecule has 0 aliphatic heterocycles. The smallest absolute Gasteiger partial charge is 0.407 e. The first kappa shape index (κ1) is 29.2. The van der Waals surface area contributed by atoms with Crippen molar-refractivity contribution in [3.63, 3.8) is 0 Å². The SMILES string of the molecule is Cc1cccc(C)c1OCC(=O)N[C@@H](Cc1ccccc1)[C@@H](O)C[C@H](NC(=O)OC(C)(C)C)C(C)C. The van der Waals surface area contributed by atoms with E-state index in [0.717, 1.165) is 16.7 Å². The molecular weight excluding hydrogens is 456 g/mol. The van der Waals surface area contributed by atoms with E-state index in [1.54, 1.807) is 20.8 Å². The summed E-state index contributed by atoms with van der Waals surface area (Å²) in [5.74, 6) is 0.417. The number of ether oxygens (including phenoxy) is 2. The van der Waals surface area contributed by atoms with Crippen molar-refractivity contribution in [3.05, 3.63) is 65.2 Å². The Bertz CT molecular complexity index is 965. The van der Waals surface area contributed by atoms with Crippen molar-refractivity contribution in [2.45, 2.75) is 85.1 Å². The molecule has 2 aromatic rings. The van der Waals surface area contributed by atoms with Gasteiger partial charge in [0.05, 0.1) is 12.1 Å². The molecule has 36 heavy (non-hydrogen) atoms. The van der Waals surface area contributed by atoms with Crippen LogP contribution in [0.2, 0.25) is 0 Å². The van der Waals surface area contributed by atoms with Crippen molar-refractivity contribution in [2.75, 3.05) is 6.61 Å². The lowest BCUT2D eigenvalue weighted by Gasteiger charge is -2.31. The standard InChI is InChI=1S/C29H42N2O5/c1-19(2)23(31-28(34)36-29(5,6)7)17-25(32)24(16-22-14-9-8-10-15-22)30-26(33)18-35-27-20(3)12-11-13-21(27)4/h8-15,19,23-25,32H,16-18H2,1-7H3,(H,30,33)(H,31,34)/t23-,24-,25-/m0/s1.